The van der Waals surface area contributed by atoms with Crippen LogP contribution in [0.2, 0.25) is 0 Å². The highest BCUT2D eigenvalue weighted by Crippen LogP contribution is 2.18. The smallest absolute Gasteiger partial charge is 0.326 e. The number of rotatable bonds is 2. The lowest BCUT2D eigenvalue weighted by Gasteiger charge is -2.12. The minimum absolute atomic E-state index is 0.325. The highest BCUT2D eigenvalue weighted by Gasteiger charge is 2.14. The van der Waals surface area contributed by atoms with Crippen LogP contribution in [-0.2, 0) is 13.1 Å². The molecule has 0 aliphatic carbocycles. The van der Waals surface area contributed by atoms with Crippen molar-refractivity contribution in [3.05, 3.63) is 37.7 Å². The molecule has 0 saturated carbocycles. The van der Waals surface area contributed by atoms with E-state index in [-0.39, 0.29) is 0 Å². The van der Waals surface area contributed by atoms with Crippen molar-refractivity contribution in [2.24, 2.45) is 5.73 Å². The van der Waals surface area contributed by atoms with E-state index in [1.54, 1.807) is 0 Å². The summed E-state index contributed by atoms with van der Waals surface area (Å²) in [4.78, 5) is 30.3. The van der Waals surface area contributed by atoms with E-state index in [0.29, 0.717) is 24.1 Å². The first kappa shape index (κ1) is 12.5. The number of hydrogen-bond donors (Lipinski definition) is 2. The molecule has 2 aromatic heterocycles. The second-order valence-electron chi connectivity index (χ2n) is 4.21. The molecule has 0 aliphatic heterocycles. The Bertz CT molecular complexity index is 727. The fourth-order valence-corrected chi connectivity index (χ4v) is 2.26. The van der Waals surface area contributed by atoms with Crippen molar-refractivity contribution < 1.29 is 0 Å². The van der Waals surface area contributed by atoms with E-state index in [9.17, 15) is 9.59 Å². The van der Waals surface area contributed by atoms with Gasteiger partial charge in [-0.15, -0.1) is 0 Å². The lowest BCUT2D eigenvalue weighted by Crippen LogP contribution is -2.31. The summed E-state index contributed by atoms with van der Waals surface area (Å²) >= 11 is 0. The van der Waals surface area contributed by atoms with Crippen LogP contribution in [0.5, 0.6) is 0 Å². The second-order valence-corrected chi connectivity index (χ2v) is 4.21. The van der Waals surface area contributed by atoms with Gasteiger partial charge < -0.3 is 5.73 Å². The van der Waals surface area contributed by atoms with E-state index in [4.69, 9.17) is 5.73 Å². The Balaban J connectivity index is 3.10. The van der Waals surface area contributed by atoms with Crippen LogP contribution in [0.4, 0.5) is 0 Å². The van der Waals surface area contributed by atoms with Gasteiger partial charge in [0.25, 0.3) is 5.56 Å². The number of aryl methyl sites for hydroxylation is 3. The second kappa shape index (κ2) is 4.38. The van der Waals surface area contributed by atoms with Gasteiger partial charge >= 0.3 is 5.69 Å². The number of H-pyrrole nitrogens is 1. The summed E-state index contributed by atoms with van der Waals surface area (Å²) in [5.41, 5.74) is 7.68. The summed E-state index contributed by atoms with van der Waals surface area (Å²) in [6, 6.07) is 0. The fraction of sp³-hybridized carbons (Fsp3) is 0.417. The maximum absolute atomic E-state index is 11.9. The van der Waals surface area contributed by atoms with Gasteiger partial charge in [-0.05, 0) is 31.9 Å². The molecule has 0 aromatic carbocycles. The molecule has 0 fully saturated rings. The molecule has 2 rings (SSSR count). The van der Waals surface area contributed by atoms with Crippen LogP contribution in [0, 0.1) is 13.8 Å². The van der Waals surface area contributed by atoms with E-state index in [0.717, 1.165) is 16.8 Å². The first-order valence-corrected chi connectivity index (χ1v) is 5.84. The number of pyridine rings is 1. The Kier molecular flexibility index (Phi) is 3.04. The summed E-state index contributed by atoms with van der Waals surface area (Å²) in [5.74, 6) is 0. The molecule has 2 heterocycles. The van der Waals surface area contributed by atoms with Crippen LogP contribution in [0.25, 0.3) is 11.0 Å². The SMILES string of the molecule is CCn1c(=O)[nH]c(=O)c2c(C)c(CN)c(C)nc21. The van der Waals surface area contributed by atoms with Crippen molar-refractivity contribution in [3.63, 3.8) is 0 Å². The minimum Gasteiger partial charge on any atom is -0.326 e. The third-order valence-electron chi connectivity index (χ3n) is 3.23. The first-order valence-electron chi connectivity index (χ1n) is 5.84. The highest BCUT2D eigenvalue weighted by atomic mass is 16.2. The molecule has 6 nitrogen and oxygen atoms in total. The molecule has 0 unspecified atom stereocenters. The van der Waals surface area contributed by atoms with Crippen LogP contribution >= 0.6 is 0 Å². The molecule has 0 radical (unpaired) electrons. The minimum atomic E-state index is -0.429. The normalized spacial score (nSPS) is 11.1. The zero-order chi connectivity index (χ0) is 13.4. The van der Waals surface area contributed by atoms with Crippen molar-refractivity contribution in [2.45, 2.75) is 33.9 Å². The van der Waals surface area contributed by atoms with E-state index in [1.165, 1.54) is 4.57 Å². The fourth-order valence-electron chi connectivity index (χ4n) is 2.26. The number of aromatic nitrogens is 3. The molecule has 0 amide bonds. The van der Waals surface area contributed by atoms with Gasteiger partial charge in [0.2, 0.25) is 0 Å². The van der Waals surface area contributed by atoms with Crippen LogP contribution in [0.3, 0.4) is 0 Å². The maximum Gasteiger partial charge on any atom is 0.329 e. The maximum atomic E-state index is 11.9. The summed E-state index contributed by atoms with van der Waals surface area (Å²) in [5, 5.41) is 0.447. The predicted octanol–water partition coefficient (Wildman–Crippen LogP) is 0.180. The van der Waals surface area contributed by atoms with Gasteiger partial charge in [-0.1, -0.05) is 0 Å². The molecule has 96 valence electrons. The molecular weight excluding hydrogens is 232 g/mol. The summed E-state index contributed by atoms with van der Waals surface area (Å²) in [6.07, 6.45) is 0. The number of hydrogen-bond acceptors (Lipinski definition) is 4. The number of nitrogens with one attached hydrogen (secondary N) is 1. The van der Waals surface area contributed by atoms with Crippen LogP contribution in [0.15, 0.2) is 9.59 Å². The quantitative estimate of drug-likeness (QED) is 0.792. The summed E-state index contributed by atoms with van der Waals surface area (Å²) in [7, 11) is 0. The van der Waals surface area contributed by atoms with Crippen LogP contribution in [-0.4, -0.2) is 14.5 Å². The Morgan fingerprint density at radius 1 is 1.33 bits per heavy atom. The summed E-state index contributed by atoms with van der Waals surface area (Å²) in [6.45, 7) is 6.28. The number of aromatic amines is 1. The Morgan fingerprint density at radius 2 is 2.00 bits per heavy atom. The average molecular weight is 248 g/mol. The van der Waals surface area contributed by atoms with Crippen molar-refractivity contribution in [1.29, 1.82) is 0 Å². The van der Waals surface area contributed by atoms with Crippen molar-refractivity contribution in [1.82, 2.24) is 14.5 Å². The van der Waals surface area contributed by atoms with Crippen LogP contribution < -0.4 is 17.0 Å². The van der Waals surface area contributed by atoms with E-state index < -0.39 is 11.2 Å². The van der Waals surface area contributed by atoms with Gasteiger partial charge in [0, 0.05) is 18.8 Å². The van der Waals surface area contributed by atoms with Gasteiger partial charge in [-0.2, -0.15) is 0 Å². The highest BCUT2D eigenvalue weighted by molar-refractivity contribution is 5.79. The zero-order valence-electron chi connectivity index (χ0n) is 10.7. The molecule has 18 heavy (non-hydrogen) atoms. The molecule has 6 heteroatoms. The molecular formula is C12H16N4O2. The van der Waals surface area contributed by atoms with Crippen molar-refractivity contribution in [3.8, 4) is 0 Å². The summed E-state index contributed by atoms with van der Waals surface area (Å²) < 4.78 is 1.46. The lowest BCUT2D eigenvalue weighted by atomic mass is 10.0. The lowest BCUT2D eigenvalue weighted by molar-refractivity contribution is 0.715. The van der Waals surface area contributed by atoms with E-state index in [1.807, 2.05) is 20.8 Å². The van der Waals surface area contributed by atoms with Gasteiger partial charge in [-0.3, -0.25) is 14.3 Å². The first-order chi connectivity index (χ1) is 8.51. The topological polar surface area (TPSA) is 93.8 Å². The largest absolute Gasteiger partial charge is 0.329 e. The molecule has 3 N–H and O–H groups in total. The zero-order valence-corrected chi connectivity index (χ0v) is 10.7. The Hall–Kier alpha value is -1.95. The van der Waals surface area contributed by atoms with Gasteiger partial charge in [0.05, 0.1) is 5.39 Å². The molecule has 2 aromatic rings. The number of nitrogens with two attached hydrogens (primary N) is 1. The molecule has 0 spiro atoms. The Labute approximate surface area is 103 Å². The molecule has 0 aliphatic rings. The average Bonchev–Trinajstić information content (AvgIpc) is 2.28. The Morgan fingerprint density at radius 3 is 2.56 bits per heavy atom. The number of nitrogens with zero attached hydrogens (tertiary/aromatic N) is 2. The predicted molar refractivity (Wildman–Crippen MR) is 69.7 cm³/mol. The molecule has 0 atom stereocenters. The van der Waals surface area contributed by atoms with Gasteiger partial charge in [-0.25, -0.2) is 9.78 Å². The van der Waals surface area contributed by atoms with Crippen molar-refractivity contribution >= 4 is 11.0 Å². The van der Waals surface area contributed by atoms with E-state index >= 15 is 0 Å². The monoisotopic (exact) mass is 248 g/mol. The van der Waals surface area contributed by atoms with Crippen LogP contribution in [0.1, 0.15) is 23.7 Å². The molecule has 0 saturated heterocycles. The number of fused-ring (bicyclic) bond motifs is 1. The van der Waals surface area contributed by atoms with Gasteiger partial charge in [0.1, 0.15) is 5.65 Å². The standard InChI is InChI=1S/C12H16N4O2/c1-4-16-10-9(11(17)15-12(16)18)6(2)8(5-13)7(3)14-10/h4-5,13H2,1-3H3,(H,15,17,18). The van der Waals surface area contributed by atoms with Gasteiger partial charge in [0.15, 0.2) is 0 Å². The third kappa shape index (κ3) is 1.65. The third-order valence-corrected chi connectivity index (χ3v) is 3.23. The molecule has 0 bridgehead atoms. The van der Waals surface area contributed by atoms with Crippen molar-refractivity contribution in [2.75, 3.05) is 0 Å². The van der Waals surface area contributed by atoms with E-state index in [2.05, 4.69) is 9.97 Å².